The van der Waals surface area contributed by atoms with Crippen molar-refractivity contribution in [1.82, 2.24) is 25.1 Å². The van der Waals surface area contributed by atoms with Gasteiger partial charge in [0.25, 0.3) is 11.1 Å². The highest BCUT2D eigenvalue weighted by atomic mass is 35.5. The average molecular weight is 531 g/mol. The molecular weight excluding hydrogens is 517 g/mol. The number of pyridine rings is 1. The number of nitrogens with one attached hydrogen (secondary N) is 2. The summed E-state index contributed by atoms with van der Waals surface area (Å²) in [7, 11) is 1.40. The number of hydrogen-bond donors (Lipinski definition) is 2. The van der Waals surface area contributed by atoms with E-state index < -0.39 is 28.7 Å². The van der Waals surface area contributed by atoms with E-state index >= 15 is 0 Å². The highest BCUT2D eigenvalue weighted by Gasteiger charge is 2.39. The summed E-state index contributed by atoms with van der Waals surface area (Å²) < 4.78 is 51.7. The summed E-state index contributed by atoms with van der Waals surface area (Å²) in [5, 5.41) is 15.2. The Bertz CT molecular complexity index is 1650. The van der Waals surface area contributed by atoms with Gasteiger partial charge in [-0.3, -0.25) is 9.59 Å². The molecule has 4 aromatic rings. The van der Waals surface area contributed by atoms with Crippen LogP contribution < -0.4 is 20.6 Å². The molecule has 37 heavy (non-hydrogen) atoms. The second kappa shape index (κ2) is 10.1. The van der Waals surface area contributed by atoms with Gasteiger partial charge in [0.2, 0.25) is 11.6 Å². The third-order valence-electron chi connectivity index (χ3n) is 4.87. The molecule has 14 heteroatoms. The highest BCUT2D eigenvalue weighted by molar-refractivity contribution is 6.30. The molecule has 0 saturated carbocycles. The molecule has 1 aromatic carbocycles. The predicted octanol–water partition coefficient (Wildman–Crippen LogP) is 3.85. The lowest BCUT2D eigenvalue weighted by molar-refractivity contribution is -0.142. The van der Waals surface area contributed by atoms with Crippen LogP contribution in [0.5, 0.6) is 17.4 Å². The molecule has 3 aromatic heterocycles. The second-order valence-electron chi connectivity index (χ2n) is 7.44. The van der Waals surface area contributed by atoms with E-state index in [4.69, 9.17) is 26.3 Å². The number of alkyl halides is 3. The largest absolute Gasteiger partial charge is 0.481 e. The van der Waals surface area contributed by atoms with E-state index in [-0.39, 0.29) is 45.7 Å². The molecule has 0 atom stereocenters. The quantitative estimate of drug-likeness (QED) is 0.382. The summed E-state index contributed by atoms with van der Waals surface area (Å²) in [6, 6.07) is 9.72. The zero-order chi connectivity index (χ0) is 26.7. The molecule has 0 bridgehead atoms. The maximum atomic E-state index is 13.8. The summed E-state index contributed by atoms with van der Waals surface area (Å²) >= 11 is 5.87. The summed E-state index contributed by atoms with van der Waals surface area (Å²) in [6.45, 7) is 0. The molecule has 0 aliphatic carbocycles. The summed E-state index contributed by atoms with van der Waals surface area (Å²) in [4.78, 5) is 34.7. The van der Waals surface area contributed by atoms with Crippen LogP contribution in [0.3, 0.4) is 0 Å². The van der Waals surface area contributed by atoms with Crippen LogP contribution in [-0.2, 0) is 12.6 Å². The minimum atomic E-state index is -5.06. The van der Waals surface area contributed by atoms with Crippen LogP contribution in [0.25, 0.3) is 11.1 Å². The number of benzene rings is 1. The number of aromatic amines is 2. The van der Waals surface area contributed by atoms with Crippen LogP contribution in [0.1, 0.15) is 22.8 Å². The number of nitrogens with zero attached hydrogens (tertiary/aromatic N) is 4. The van der Waals surface area contributed by atoms with Crippen molar-refractivity contribution < 1.29 is 22.6 Å². The molecule has 3 heterocycles. The van der Waals surface area contributed by atoms with E-state index in [2.05, 4.69) is 25.1 Å². The number of rotatable bonds is 6. The molecule has 0 unspecified atom stereocenters. The van der Waals surface area contributed by atoms with Crippen LogP contribution in [0.2, 0.25) is 5.02 Å². The smallest absolute Gasteiger partial charge is 0.437 e. The first-order valence-corrected chi connectivity index (χ1v) is 10.6. The minimum Gasteiger partial charge on any atom is -0.481 e. The first-order chi connectivity index (χ1) is 17.6. The number of nitriles is 1. The van der Waals surface area contributed by atoms with Crippen molar-refractivity contribution in [1.29, 1.82) is 5.26 Å². The molecule has 0 fully saturated rings. The van der Waals surface area contributed by atoms with Gasteiger partial charge in [-0.15, -0.1) is 0 Å². The molecule has 2 N–H and O–H groups in total. The van der Waals surface area contributed by atoms with Crippen LogP contribution >= 0.6 is 11.6 Å². The van der Waals surface area contributed by atoms with Crippen molar-refractivity contribution in [3.05, 3.63) is 91.1 Å². The Morgan fingerprint density at radius 3 is 2.62 bits per heavy atom. The van der Waals surface area contributed by atoms with Crippen molar-refractivity contribution in [2.45, 2.75) is 12.6 Å². The zero-order valence-electron chi connectivity index (χ0n) is 18.7. The summed E-state index contributed by atoms with van der Waals surface area (Å²) in [5.74, 6) is -1.52. The van der Waals surface area contributed by atoms with Gasteiger partial charge in [-0.1, -0.05) is 11.6 Å². The first kappa shape index (κ1) is 25.4. The van der Waals surface area contributed by atoms with Crippen molar-refractivity contribution >= 4 is 11.6 Å². The van der Waals surface area contributed by atoms with Gasteiger partial charge in [-0.05, 0) is 35.9 Å². The van der Waals surface area contributed by atoms with E-state index in [1.165, 1.54) is 31.5 Å². The van der Waals surface area contributed by atoms with E-state index in [1.54, 1.807) is 12.1 Å². The maximum absolute atomic E-state index is 13.8. The number of H-pyrrole nitrogens is 2. The molecule has 0 spiro atoms. The van der Waals surface area contributed by atoms with Gasteiger partial charge in [0.1, 0.15) is 11.6 Å². The van der Waals surface area contributed by atoms with Crippen molar-refractivity contribution in [3.63, 3.8) is 0 Å². The fraction of sp³-hybridized carbons (Fsp3) is 0.130. The third kappa shape index (κ3) is 5.76. The Labute approximate surface area is 210 Å². The molecule has 0 aliphatic heterocycles. The second-order valence-corrected chi connectivity index (χ2v) is 7.88. The van der Waals surface area contributed by atoms with E-state index in [1.807, 2.05) is 0 Å². The number of halogens is 4. The molecular formula is C23H14ClF3N6O4. The van der Waals surface area contributed by atoms with Gasteiger partial charge in [-0.2, -0.15) is 23.5 Å². The summed E-state index contributed by atoms with van der Waals surface area (Å²) in [6.07, 6.45) is -4.01. The lowest BCUT2D eigenvalue weighted by atomic mass is 10.1. The number of ether oxygens (including phenoxy) is 2. The standard InChI is InChI=1S/C23H14ClF3N6O4/c1-36-18-6-12(2-3-29-18)16-8-14(32-33-21(16)34)9-17-30-20(23(25,26)27)19(22(35)31-17)37-15-5-11(10-28)4-13(24)7-15/h2-8H,9H2,1H3,(H,33,34)(H,30,31,35). The fourth-order valence-corrected chi connectivity index (χ4v) is 3.52. The topological polar surface area (TPSA) is 147 Å². The van der Waals surface area contributed by atoms with Gasteiger partial charge in [0.05, 0.1) is 30.0 Å². The maximum Gasteiger partial charge on any atom is 0.437 e. The zero-order valence-corrected chi connectivity index (χ0v) is 19.4. The number of methoxy groups -OCH3 is 1. The van der Waals surface area contributed by atoms with Gasteiger partial charge < -0.3 is 14.5 Å². The van der Waals surface area contributed by atoms with Crippen molar-refractivity contribution in [3.8, 4) is 34.6 Å². The minimum absolute atomic E-state index is 0.0174. The van der Waals surface area contributed by atoms with Crippen molar-refractivity contribution in [2.24, 2.45) is 0 Å². The molecule has 0 saturated heterocycles. The van der Waals surface area contributed by atoms with E-state index in [0.717, 1.165) is 12.1 Å². The molecule has 0 aliphatic rings. The number of aromatic nitrogens is 5. The lowest BCUT2D eigenvalue weighted by Gasteiger charge is -2.14. The van der Waals surface area contributed by atoms with E-state index in [9.17, 15) is 22.8 Å². The van der Waals surface area contributed by atoms with E-state index in [0.29, 0.717) is 5.56 Å². The van der Waals surface area contributed by atoms with Gasteiger partial charge >= 0.3 is 6.18 Å². The first-order valence-electron chi connectivity index (χ1n) is 10.3. The summed E-state index contributed by atoms with van der Waals surface area (Å²) in [5.41, 5.74) is -2.66. The van der Waals surface area contributed by atoms with Crippen LogP contribution in [0.15, 0.2) is 52.2 Å². The van der Waals surface area contributed by atoms with Crippen LogP contribution in [-0.4, -0.2) is 32.3 Å². The van der Waals surface area contributed by atoms with Gasteiger partial charge in [-0.25, -0.2) is 15.1 Å². The third-order valence-corrected chi connectivity index (χ3v) is 5.09. The fourth-order valence-electron chi connectivity index (χ4n) is 3.30. The van der Waals surface area contributed by atoms with Crippen LogP contribution in [0, 0.1) is 11.3 Å². The lowest BCUT2D eigenvalue weighted by Crippen LogP contribution is -2.22. The Balaban J connectivity index is 1.72. The Morgan fingerprint density at radius 1 is 1.14 bits per heavy atom. The molecule has 0 radical (unpaired) electrons. The SMILES string of the molecule is COc1cc(-c2cc(Cc3nc(C(F)(F)F)c(Oc4cc(Cl)cc(C#N)c4)c(=O)[nH]3)n[nH]c2=O)ccn1. The Hall–Kier alpha value is -4.70. The number of hydrogen-bond acceptors (Lipinski definition) is 8. The monoisotopic (exact) mass is 530 g/mol. The molecule has 188 valence electrons. The average Bonchev–Trinajstić information content (AvgIpc) is 2.85. The molecule has 4 rings (SSSR count). The van der Waals surface area contributed by atoms with Gasteiger partial charge in [0.15, 0.2) is 5.69 Å². The Kier molecular flexibility index (Phi) is 6.94. The van der Waals surface area contributed by atoms with Crippen molar-refractivity contribution in [2.75, 3.05) is 7.11 Å². The van der Waals surface area contributed by atoms with Gasteiger partial charge in [0, 0.05) is 23.7 Å². The normalized spacial score (nSPS) is 11.1. The molecule has 0 amide bonds. The van der Waals surface area contributed by atoms with Crippen LogP contribution in [0.4, 0.5) is 13.2 Å². The Morgan fingerprint density at radius 2 is 1.92 bits per heavy atom. The predicted molar refractivity (Wildman–Crippen MR) is 124 cm³/mol. The molecule has 10 nitrogen and oxygen atoms in total. The highest BCUT2D eigenvalue weighted by Crippen LogP contribution is 2.35.